The predicted octanol–water partition coefficient (Wildman–Crippen LogP) is 3.33. The molecule has 12 atom stereocenters. The molecular formula is C51H55NO18. The highest BCUT2D eigenvalue weighted by Gasteiger charge is 2.78. The van der Waals surface area contributed by atoms with Gasteiger partial charge in [-0.3, -0.25) is 24.0 Å². The lowest BCUT2D eigenvalue weighted by Crippen LogP contribution is -2.80. The maximum absolute atomic E-state index is 15.6. The molecule has 3 fully saturated rings. The minimum absolute atomic E-state index is 0.00586. The molecule has 1 saturated heterocycles. The number of rotatable bonds is 14. The van der Waals surface area contributed by atoms with Crippen LogP contribution < -0.4 is 5.32 Å². The molecule has 1 heterocycles. The van der Waals surface area contributed by atoms with Gasteiger partial charge >= 0.3 is 35.8 Å². The second kappa shape index (κ2) is 19.5. The van der Waals surface area contributed by atoms with Crippen LogP contribution in [0.1, 0.15) is 93.1 Å². The summed E-state index contributed by atoms with van der Waals surface area (Å²) >= 11 is 0. The largest absolute Gasteiger partial charge is 0.479 e. The summed E-state index contributed by atoms with van der Waals surface area (Å²) < 4.78 is 36.3. The van der Waals surface area contributed by atoms with Crippen LogP contribution in [0.2, 0.25) is 0 Å². The summed E-state index contributed by atoms with van der Waals surface area (Å²) in [7, 11) is 0. The summed E-state index contributed by atoms with van der Waals surface area (Å²) in [5.41, 5.74) is -6.34. The van der Waals surface area contributed by atoms with Gasteiger partial charge in [0.05, 0.1) is 41.9 Å². The monoisotopic (exact) mass is 969 g/mol. The fourth-order valence-electron chi connectivity index (χ4n) is 10.6. The first-order valence-electron chi connectivity index (χ1n) is 22.6. The van der Waals surface area contributed by atoms with Crippen LogP contribution in [0.4, 0.5) is 0 Å². The van der Waals surface area contributed by atoms with Crippen molar-refractivity contribution in [1.29, 1.82) is 0 Å². The van der Waals surface area contributed by atoms with E-state index in [9.17, 15) is 49.2 Å². The van der Waals surface area contributed by atoms with E-state index in [1.54, 1.807) is 54.6 Å². The molecule has 1 amide bonds. The van der Waals surface area contributed by atoms with Gasteiger partial charge in [-0.2, -0.15) is 0 Å². The molecule has 19 heteroatoms. The van der Waals surface area contributed by atoms with E-state index >= 15 is 9.59 Å². The Morgan fingerprint density at radius 3 is 1.96 bits per heavy atom. The third-order valence-electron chi connectivity index (χ3n) is 14.3. The highest BCUT2D eigenvalue weighted by atomic mass is 16.7. The summed E-state index contributed by atoms with van der Waals surface area (Å²) in [4.78, 5) is 110. The van der Waals surface area contributed by atoms with Crippen molar-refractivity contribution in [2.24, 2.45) is 22.7 Å². The SMILES string of the molecule is CC(=O)O[C@H]1C(=O)[C@@]2(C)[C@H]([C@H](OC(=O)c3ccccc3)[C@]3(O)C[C@H](OC(=O)[C@H](OC(=O)CC(O)C(=O)O)[C@@H](NC(=O)c4ccccc4)c4ccccc4)C(C)=C1C3(C)C)[C@]1(OC(C)=O)OC[C@@H]1C[C@@H]2O. The fraction of sp³-hybridized carbons (Fsp3) is 0.451. The molecule has 2 bridgehead atoms. The molecule has 7 rings (SSSR count). The van der Waals surface area contributed by atoms with Crippen LogP contribution in [-0.2, 0) is 57.2 Å². The number of ether oxygens (including phenoxy) is 6. The lowest BCUT2D eigenvalue weighted by atomic mass is 9.45. The number of ketones is 1. The smallest absolute Gasteiger partial charge is 0.350 e. The lowest BCUT2D eigenvalue weighted by molar-refractivity contribution is -0.410. The molecule has 19 nitrogen and oxygen atoms in total. The summed E-state index contributed by atoms with van der Waals surface area (Å²) in [5, 5.41) is 48.3. The molecule has 1 aliphatic heterocycles. The Hall–Kier alpha value is -6.80. The lowest BCUT2D eigenvalue weighted by Gasteiger charge is -2.67. The average Bonchev–Trinajstić information content (AvgIpc) is 3.31. The van der Waals surface area contributed by atoms with Crippen LogP contribution in [0.25, 0.3) is 0 Å². The Labute approximate surface area is 402 Å². The molecule has 3 aliphatic carbocycles. The van der Waals surface area contributed by atoms with Gasteiger partial charge in [0.2, 0.25) is 11.9 Å². The number of hydrogen-bond donors (Lipinski definition) is 5. The maximum atomic E-state index is 15.6. The van der Waals surface area contributed by atoms with E-state index in [1.165, 1.54) is 64.1 Å². The van der Waals surface area contributed by atoms with Crippen LogP contribution in [0.5, 0.6) is 0 Å². The van der Waals surface area contributed by atoms with Gasteiger partial charge in [-0.25, -0.2) is 14.4 Å². The van der Waals surface area contributed by atoms with Crippen LogP contribution in [0.3, 0.4) is 0 Å². The Balaban J connectivity index is 1.42. The number of esters is 5. The molecule has 0 aromatic heterocycles. The number of hydrogen-bond acceptors (Lipinski definition) is 17. The van der Waals surface area contributed by atoms with Crippen LogP contribution in [-0.4, -0.2) is 123 Å². The van der Waals surface area contributed by atoms with Crippen molar-refractivity contribution in [3.8, 4) is 0 Å². The van der Waals surface area contributed by atoms with E-state index in [0.29, 0.717) is 0 Å². The molecule has 3 aromatic carbocycles. The zero-order valence-electron chi connectivity index (χ0n) is 39.2. The Morgan fingerprint density at radius 2 is 1.41 bits per heavy atom. The molecule has 2 saturated carbocycles. The normalized spacial score (nSPS) is 29.9. The molecule has 0 radical (unpaired) electrons. The first-order chi connectivity index (χ1) is 33.0. The molecule has 1 unspecified atom stereocenters. The standard InChI is InChI=1S/C51H55NO18/c1-26-34(67-47(63)40(68-36(57)23-33(55)45(60)61)38(29-16-10-7-11-17-29)52-44(59)30-18-12-8-13-19-30)24-50(64)43(69-46(62)31-20-14-9-15-21-31)41-49(6,35(56)22-32-25-65-51(32,41)70-28(3)54)42(58)39(66-27(2)53)37(26)48(50,4)5/h7-21,32-35,38-41,43,55-56,64H,22-25H2,1-6H3,(H,52,59)(H,60,61)/t32-,33?,34-,35-,38-,39+,40+,41-,43-,49+,50+,51-/m0/s1. The van der Waals surface area contributed by atoms with E-state index in [4.69, 9.17) is 28.4 Å². The number of nitrogens with one attached hydrogen (secondary N) is 1. The molecule has 4 aliphatic rings. The molecular weight excluding hydrogens is 915 g/mol. The third kappa shape index (κ3) is 9.09. The second-order valence-corrected chi connectivity index (χ2v) is 18.9. The van der Waals surface area contributed by atoms with Crippen LogP contribution >= 0.6 is 0 Å². The van der Waals surface area contributed by atoms with E-state index in [1.807, 2.05) is 0 Å². The first kappa shape index (κ1) is 51.1. The number of carboxylic acid groups (broad SMARTS) is 1. The van der Waals surface area contributed by atoms with Crippen molar-refractivity contribution < 1.29 is 87.2 Å². The maximum Gasteiger partial charge on any atom is 0.350 e. The number of Topliss-reactive ketones (excluding diaryl/α,β-unsaturated/α-hetero) is 1. The van der Waals surface area contributed by atoms with Gasteiger partial charge in [0.1, 0.15) is 23.9 Å². The minimum Gasteiger partial charge on any atom is -0.479 e. The molecule has 0 spiro atoms. The predicted molar refractivity (Wildman–Crippen MR) is 240 cm³/mol. The highest BCUT2D eigenvalue weighted by molar-refractivity contribution is 5.96. The number of amides is 1. The number of fused-ring (bicyclic) bond motifs is 5. The van der Waals surface area contributed by atoms with Gasteiger partial charge in [0.25, 0.3) is 5.91 Å². The summed E-state index contributed by atoms with van der Waals surface area (Å²) in [5.74, 6) is -13.9. The first-order valence-corrected chi connectivity index (χ1v) is 22.6. The minimum atomic E-state index is -2.56. The van der Waals surface area contributed by atoms with E-state index in [-0.39, 0.29) is 40.9 Å². The number of aliphatic hydroxyl groups excluding tert-OH is 2. The zero-order valence-corrected chi connectivity index (χ0v) is 39.2. The molecule has 5 N–H and O–H groups in total. The number of benzene rings is 3. The Kier molecular flexibility index (Phi) is 14.3. The van der Waals surface area contributed by atoms with Crippen molar-refractivity contribution in [2.45, 2.75) is 115 Å². The molecule has 372 valence electrons. The summed E-state index contributed by atoms with van der Waals surface area (Å²) in [6.07, 6.45) is -13.7. The second-order valence-electron chi connectivity index (χ2n) is 18.9. The van der Waals surface area contributed by atoms with E-state index in [2.05, 4.69) is 5.32 Å². The number of carbonyl (C=O) groups excluding carboxylic acids is 7. The van der Waals surface area contributed by atoms with Crippen molar-refractivity contribution in [3.63, 3.8) is 0 Å². The van der Waals surface area contributed by atoms with Gasteiger partial charge in [0.15, 0.2) is 18.0 Å². The van der Waals surface area contributed by atoms with Gasteiger partial charge < -0.3 is 54.2 Å². The van der Waals surface area contributed by atoms with Crippen molar-refractivity contribution in [2.75, 3.05) is 6.61 Å². The van der Waals surface area contributed by atoms with Crippen molar-refractivity contribution in [1.82, 2.24) is 5.32 Å². The average molecular weight is 970 g/mol. The Bertz CT molecular complexity index is 2580. The van der Waals surface area contributed by atoms with Gasteiger partial charge in [0, 0.05) is 31.2 Å². The molecule has 3 aromatic rings. The third-order valence-corrected chi connectivity index (χ3v) is 14.3. The topological polar surface area (TPSA) is 285 Å². The van der Waals surface area contributed by atoms with Crippen LogP contribution in [0, 0.1) is 22.7 Å². The van der Waals surface area contributed by atoms with Gasteiger partial charge in [-0.1, -0.05) is 80.6 Å². The van der Waals surface area contributed by atoms with Crippen LogP contribution in [0.15, 0.2) is 102 Å². The van der Waals surface area contributed by atoms with Crippen molar-refractivity contribution >= 4 is 47.5 Å². The van der Waals surface area contributed by atoms with Crippen molar-refractivity contribution in [3.05, 3.63) is 119 Å². The van der Waals surface area contributed by atoms with Gasteiger partial charge in [-0.15, -0.1) is 0 Å². The summed E-state index contributed by atoms with van der Waals surface area (Å²) in [6.45, 7) is 7.76. The van der Waals surface area contributed by atoms with E-state index in [0.717, 1.165) is 13.8 Å². The highest BCUT2D eigenvalue weighted by Crippen LogP contribution is 2.65. The number of carbonyl (C=O) groups is 8. The molecule has 70 heavy (non-hydrogen) atoms. The van der Waals surface area contributed by atoms with E-state index < -0.39 is 137 Å². The zero-order chi connectivity index (χ0) is 51.1. The number of aliphatic carboxylic acids is 1. The number of aliphatic hydroxyl groups is 3. The van der Waals surface area contributed by atoms with Gasteiger partial charge in [-0.05, 0) is 61.2 Å². The Morgan fingerprint density at radius 1 is 0.829 bits per heavy atom. The number of carboxylic acids is 1. The summed E-state index contributed by atoms with van der Waals surface area (Å²) in [6, 6.07) is 21.6. The fourth-order valence-corrected chi connectivity index (χ4v) is 10.6. The quantitative estimate of drug-likeness (QED) is 0.0880.